The predicted octanol–water partition coefficient (Wildman–Crippen LogP) is 3.88. The molecule has 36 heavy (non-hydrogen) atoms. The van der Waals surface area contributed by atoms with Crippen LogP contribution < -0.4 is 33.7 Å². The Kier molecular flexibility index (Phi) is 7.99. The van der Waals surface area contributed by atoms with E-state index in [-0.39, 0.29) is 18.6 Å². The largest absolute Gasteiger partial charge is 0.496 e. The molecule has 190 valence electrons. The molecule has 1 N–H and O–H groups in total. The monoisotopic (exact) mass is 494 g/mol. The van der Waals surface area contributed by atoms with Gasteiger partial charge in [0.1, 0.15) is 23.4 Å². The average molecular weight is 495 g/mol. The zero-order chi connectivity index (χ0) is 25.5. The molecule has 9 heteroatoms. The van der Waals surface area contributed by atoms with Crippen molar-refractivity contribution in [3.8, 4) is 34.5 Å². The van der Waals surface area contributed by atoms with Crippen molar-refractivity contribution in [2.75, 3.05) is 35.0 Å². The summed E-state index contributed by atoms with van der Waals surface area (Å²) in [5.74, 6) is 3.20. The molecule has 1 atom stereocenters. The van der Waals surface area contributed by atoms with Gasteiger partial charge in [0.25, 0.3) is 5.91 Å². The topological polar surface area (TPSA) is 97.4 Å². The average Bonchev–Trinajstić information content (AvgIpc) is 2.93. The van der Waals surface area contributed by atoms with E-state index >= 15 is 0 Å². The van der Waals surface area contributed by atoms with Crippen LogP contribution in [0.15, 0.2) is 48.8 Å². The molecule has 9 nitrogen and oxygen atoms in total. The van der Waals surface area contributed by atoms with Gasteiger partial charge in [0, 0.05) is 36.6 Å². The maximum atomic E-state index is 12.3. The van der Waals surface area contributed by atoms with Crippen LogP contribution in [0.3, 0.4) is 0 Å². The summed E-state index contributed by atoms with van der Waals surface area (Å²) >= 11 is 0. The van der Waals surface area contributed by atoms with Crippen LogP contribution in [0.1, 0.15) is 29.2 Å². The van der Waals surface area contributed by atoms with Crippen molar-refractivity contribution in [3.63, 3.8) is 0 Å². The van der Waals surface area contributed by atoms with Crippen LogP contribution in [0.2, 0.25) is 0 Å². The molecule has 2 aromatic carbocycles. The van der Waals surface area contributed by atoms with Gasteiger partial charge in [-0.1, -0.05) is 0 Å². The van der Waals surface area contributed by atoms with Crippen molar-refractivity contribution >= 4 is 5.91 Å². The van der Waals surface area contributed by atoms with Gasteiger partial charge in [0.05, 0.1) is 28.4 Å². The quantitative estimate of drug-likeness (QED) is 0.454. The Hall–Kier alpha value is -4.14. The highest BCUT2D eigenvalue weighted by Gasteiger charge is 2.27. The van der Waals surface area contributed by atoms with E-state index in [1.165, 1.54) is 0 Å². The Labute approximate surface area is 210 Å². The number of amides is 1. The molecule has 1 amide bonds. The number of methoxy groups -OCH3 is 4. The molecule has 0 radical (unpaired) electrons. The molecule has 0 bridgehead atoms. The second-order valence-electron chi connectivity index (χ2n) is 8.13. The smallest absolute Gasteiger partial charge is 0.258 e. The molecule has 0 fully saturated rings. The third kappa shape index (κ3) is 5.56. The molecule has 3 aromatic rings. The van der Waals surface area contributed by atoms with Gasteiger partial charge in [0.2, 0.25) is 5.75 Å². The maximum absolute atomic E-state index is 12.3. The van der Waals surface area contributed by atoms with Crippen molar-refractivity contribution in [3.05, 3.63) is 65.5 Å². The fourth-order valence-electron chi connectivity index (χ4n) is 4.12. The molecule has 1 unspecified atom stereocenters. The van der Waals surface area contributed by atoms with Crippen molar-refractivity contribution < 1.29 is 33.2 Å². The molecule has 0 saturated carbocycles. The number of benzene rings is 2. The first-order chi connectivity index (χ1) is 17.6. The predicted molar refractivity (Wildman–Crippen MR) is 132 cm³/mol. The Balaban J connectivity index is 1.48. The number of pyridine rings is 1. The number of carbonyl (C=O) groups excluding carboxylic acids is 1. The molecule has 4 rings (SSSR count). The Bertz CT molecular complexity index is 1180. The van der Waals surface area contributed by atoms with Gasteiger partial charge in [-0.05, 0) is 48.2 Å². The first-order valence-corrected chi connectivity index (χ1v) is 11.5. The lowest BCUT2D eigenvalue weighted by molar-refractivity contribution is -0.123. The van der Waals surface area contributed by atoms with Crippen LogP contribution in [0.4, 0.5) is 0 Å². The van der Waals surface area contributed by atoms with E-state index in [2.05, 4.69) is 10.3 Å². The minimum atomic E-state index is -0.241. The summed E-state index contributed by atoms with van der Waals surface area (Å²) < 4.78 is 34.1. The number of ether oxygens (including phenoxy) is 6. The van der Waals surface area contributed by atoms with Gasteiger partial charge in [-0.2, -0.15) is 0 Å². The highest BCUT2D eigenvalue weighted by atomic mass is 16.5. The van der Waals surface area contributed by atoms with E-state index < -0.39 is 0 Å². The number of rotatable bonds is 10. The SMILES string of the molecule is COc1cc(OCC(=O)NCc2ccncc2)cc2c1CCC(c1cc(OC)c(OC)c(OC)c1)O2. The van der Waals surface area contributed by atoms with Crippen molar-refractivity contribution in [2.45, 2.75) is 25.5 Å². The van der Waals surface area contributed by atoms with E-state index in [0.717, 1.165) is 29.5 Å². The van der Waals surface area contributed by atoms with Gasteiger partial charge >= 0.3 is 0 Å². The fourth-order valence-corrected chi connectivity index (χ4v) is 4.12. The van der Waals surface area contributed by atoms with Crippen LogP contribution in [0.25, 0.3) is 0 Å². The number of nitrogens with zero attached hydrogens (tertiary/aromatic N) is 1. The zero-order valence-corrected chi connectivity index (χ0v) is 20.8. The number of aromatic nitrogens is 1. The van der Waals surface area contributed by atoms with Crippen molar-refractivity contribution in [1.82, 2.24) is 10.3 Å². The summed E-state index contributed by atoms with van der Waals surface area (Å²) in [6.07, 6.45) is 4.60. The van der Waals surface area contributed by atoms with Gasteiger partial charge < -0.3 is 33.7 Å². The molecule has 0 spiro atoms. The first kappa shape index (κ1) is 25.0. The van der Waals surface area contributed by atoms with Crippen LogP contribution in [0, 0.1) is 0 Å². The van der Waals surface area contributed by atoms with E-state index in [9.17, 15) is 4.79 Å². The highest BCUT2D eigenvalue weighted by molar-refractivity contribution is 5.77. The number of fused-ring (bicyclic) bond motifs is 1. The molecule has 0 aliphatic carbocycles. The molecular formula is C27H30N2O7. The normalized spacial score (nSPS) is 14.2. The third-order valence-electron chi connectivity index (χ3n) is 5.96. The molecule has 2 heterocycles. The Morgan fingerprint density at radius 1 is 0.972 bits per heavy atom. The Morgan fingerprint density at radius 2 is 1.67 bits per heavy atom. The van der Waals surface area contributed by atoms with Gasteiger partial charge in [-0.3, -0.25) is 9.78 Å². The first-order valence-electron chi connectivity index (χ1n) is 11.5. The summed E-state index contributed by atoms with van der Waals surface area (Å²) in [7, 11) is 6.34. The van der Waals surface area contributed by atoms with Gasteiger partial charge in [-0.25, -0.2) is 0 Å². The second kappa shape index (κ2) is 11.5. The summed E-state index contributed by atoms with van der Waals surface area (Å²) in [5.41, 5.74) is 2.81. The van der Waals surface area contributed by atoms with Crippen LogP contribution >= 0.6 is 0 Å². The lowest BCUT2D eigenvalue weighted by Crippen LogP contribution is -2.28. The summed E-state index contributed by atoms with van der Waals surface area (Å²) in [6.45, 7) is 0.265. The number of hydrogen-bond donors (Lipinski definition) is 1. The number of nitrogens with one attached hydrogen (secondary N) is 1. The van der Waals surface area contributed by atoms with E-state index in [4.69, 9.17) is 28.4 Å². The zero-order valence-electron chi connectivity index (χ0n) is 20.8. The molecule has 1 aromatic heterocycles. The van der Waals surface area contributed by atoms with Gasteiger partial charge in [0.15, 0.2) is 18.1 Å². The van der Waals surface area contributed by atoms with E-state index in [1.807, 2.05) is 24.3 Å². The van der Waals surface area contributed by atoms with Crippen molar-refractivity contribution in [1.29, 1.82) is 0 Å². The molecule has 1 aliphatic heterocycles. The molecule has 1 aliphatic rings. The van der Waals surface area contributed by atoms with Crippen LogP contribution in [-0.2, 0) is 17.8 Å². The lowest BCUT2D eigenvalue weighted by Gasteiger charge is -2.29. The number of hydrogen-bond acceptors (Lipinski definition) is 8. The summed E-state index contributed by atoms with van der Waals surface area (Å²) in [6, 6.07) is 11.0. The summed E-state index contributed by atoms with van der Waals surface area (Å²) in [5, 5.41) is 2.83. The van der Waals surface area contributed by atoms with Gasteiger partial charge in [-0.15, -0.1) is 0 Å². The Morgan fingerprint density at radius 3 is 2.31 bits per heavy atom. The van der Waals surface area contributed by atoms with Crippen LogP contribution in [0.5, 0.6) is 34.5 Å². The fraction of sp³-hybridized carbons (Fsp3) is 0.333. The van der Waals surface area contributed by atoms with Crippen molar-refractivity contribution in [2.24, 2.45) is 0 Å². The van der Waals surface area contributed by atoms with E-state index in [0.29, 0.717) is 41.0 Å². The van der Waals surface area contributed by atoms with E-state index in [1.54, 1.807) is 53.0 Å². The third-order valence-corrected chi connectivity index (χ3v) is 5.96. The number of carbonyl (C=O) groups is 1. The maximum Gasteiger partial charge on any atom is 0.258 e. The standard InChI is InChI=1S/C27H30N2O7/c1-31-22-13-19(35-16-26(30)29-15-17-7-9-28-10-8-17)14-23-20(22)5-6-21(36-23)18-11-24(32-2)27(34-4)25(12-18)33-3/h7-14,21H,5-6,15-16H2,1-4H3,(H,29,30). The lowest BCUT2D eigenvalue weighted by atomic mass is 9.96. The minimum absolute atomic E-state index is 0.136. The van der Waals surface area contributed by atoms with Crippen LogP contribution in [-0.4, -0.2) is 45.9 Å². The molecule has 0 saturated heterocycles. The summed E-state index contributed by atoms with van der Waals surface area (Å²) in [4.78, 5) is 16.3. The molecular weight excluding hydrogens is 464 g/mol. The second-order valence-corrected chi connectivity index (χ2v) is 8.13. The highest BCUT2D eigenvalue weighted by Crippen LogP contribution is 2.45. The minimum Gasteiger partial charge on any atom is -0.496 e.